The fraction of sp³-hybridized carbons (Fsp3) is 0.731. The van der Waals surface area contributed by atoms with Gasteiger partial charge in [0.2, 0.25) is 5.91 Å². The van der Waals surface area contributed by atoms with Crippen molar-refractivity contribution in [3.63, 3.8) is 0 Å². The van der Waals surface area contributed by atoms with Crippen LogP contribution in [0.1, 0.15) is 36.1 Å². The average Bonchev–Trinajstić information content (AvgIpc) is 3.63. The fourth-order valence-corrected chi connectivity index (χ4v) is 7.87. The minimum Gasteiger partial charge on any atom is -0.379 e. The molecule has 0 aromatic carbocycles. The minimum absolute atomic E-state index is 0.0227. The van der Waals surface area contributed by atoms with Crippen molar-refractivity contribution in [2.45, 2.75) is 56.6 Å². The van der Waals surface area contributed by atoms with Crippen LogP contribution in [0.2, 0.25) is 0 Å². The van der Waals surface area contributed by atoms with Crippen LogP contribution in [0, 0.1) is 11.3 Å². The van der Waals surface area contributed by atoms with Crippen LogP contribution in [0.4, 0.5) is 13.2 Å². The molecule has 1 saturated carbocycles. The molecule has 1 N–H and O–H groups in total. The number of hydrogen-bond donors (Lipinski definition) is 1. The molecule has 1 amide bonds. The first-order valence-electron chi connectivity index (χ1n) is 13.4. The molecule has 0 spiro atoms. The van der Waals surface area contributed by atoms with E-state index in [-0.39, 0.29) is 36.6 Å². The quantitative estimate of drug-likeness (QED) is 0.614. The van der Waals surface area contributed by atoms with Crippen LogP contribution in [0.25, 0.3) is 0 Å². The van der Waals surface area contributed by atoms with Crippen LogP contribution in [0.3, 0.4) is 0 Å². The number of carbonyl (C=O) groups is 1. The summed E-state index contributed by atoms with van der Waals surface area (Å²) in [5.41, 5.74) is -0.212. The van der Waals surface area contributed by atoms with Gasteiger partial charge in [0.1, 0.15) is 0 Å². The molecular formula is C26H34F3N5O3S. The van der Waals surface area contributed by atoms with Crippen molar-refractivity contribution in [3.05, 3.63) is 29.1 Å². The highest BCUT2D eigenvalue weighted by molar-refractivity contribution is 8.14. The third kappa shape index (κ3) is 4.82. The number of rotatable bonds is 4. The molecule has 1 aliphatic carbocycles. The number of hydrogen-bond acceptors (Lipinski definition) is 8. The third-order valence-corrected chi connectivity index (χ3v) is 9.88. The van der Waals surface area contributed by atoms with E-state index in [4.69, 9.17) is 9.47 Å². The van der Waals surface area contributed by atoms with Gasteiger partial charge in [0, 0.05) is 76.0 Å². The lowest BCUT2D eigenvalue weighted by Crippen LogP contribution is -2.52. The van der Waals surface area contributed by atoms with Crippen LogP contribution in [0.15, 0.2) is 17.3 Å². The number of likely N-dealkylation sites (tertiary alicyclic amines) is 1. The van der Waals surface area contributed by atoms with E-state index in [0.717, 1.165) is 49.1 Å². The van der Waals surface area contributed by atoms with Crippen LogP contribution in [-0.4, -0.2) is 96.3 Å². The minimum atomic E-state index is -4.46. The van der Waals surface area contributed by atoms with Crippen molar-refractivity contribution in [2.24, 2.45) is 16.3 Å². The first-order valence-corrected chi connectivity index (χ1v) is 14.4. The summed E-state index contributed by atoms with van der Waals surface area (Å²) in [5, 5.41) is 4.81. The highest BCUT2D eigenvalue weighted by atomic mass is 32.2. The summed E-state index contributed by atoms with van der Waals surface area (Å²) in [6.07, 6.45) is -0.690. The molecular weight excluding hydrogens is 519 g/mol. The number of amides is 1. The number of pyridine rings is 1. The maximum atomic E-state index is 14.4. The summed E-state index contributed by atoms with van der Waals surface area (Å²) in [4.78, 5) is 27.1. The second kappa shape index (κ2) is 10.3. The molecule has 1 aromatic heterocycles. The Hall–Kier alpha value is -1.89. The van der Waals surface area contributed by atoms with Gasteiger partial charge >= 0.3 is 6.18 Å². The van der Waals surface area contributed by atoms with E-state index in [1.165, 1.54) is 0 Å². The Morgan fingerprint density at radius 3 is 3.00 bits per heavy atom. The number of amidine groups is 1. The number of aromatic nitrogens is 1. The molecule has 0 bridgehead atoms. The lowest BCUT2D eigenvalue weighted by atomic mass is 9.78. The van der Waals surface area contributed by atoms with Gasteiger partial charge in [0.15, 0.2) is 5.17 Å². The average molecular weight is 554 g/mol. The van der Waals surface area contributed by atoms with Crippen molar-refractivity contribution in [1.82, 2.24) is 20.1 Å². The number of carbonyl (C=O) groups excluding carboxylic acids is 1. The van der Waals surface area contributed by atoms with Gasteiger partial charge in [-0.15, -0.1) is 0 Å². The maximum absolute atomic E-state index is 14.4. The summed E-state index contributed by atoms with van der Waals surface area (Å²) in [6, 6.07) is 1.50. The number of halogens is 3. The largest absolute Gasteiger partial charge is 0.417 e. The molecule has 4 aliphatic heterocycles. The molecule has 2 saturated heterocycles. The second-order valence-electron chi connectivity index (χ2n) is 11.1. The number of fused-ring (bicyclic) bond motifs is 2. The smallest absolute Gasteiger partial charge is 0.379 e. The van der Waals surface area contributed by atoms with Crippen molar-refractivity contribution < 1.29 is 27.4 Å². The van der Waals surface area contributed by atoms with Gasteiger partial charge in [-0.25, -0.2) is 0 Å². The highest BCUT2D eigenvalue weighted by Gasteiger charge is 2.59. The third-order valence-electron chi connectivity index (χ3n) is 8.85. The van der Waals surface area contributed by atoms with Crippen molar-refractivity contribution in [2.75, 3.05) is 52.3 Å². The molecule has 12 heteroatoms. The number of methoxy groups -OCH3 is 1. The van der Waals surface area contributed by atoms with Gasteiger partial charge in [0.25, 0.3) is 0 Å². The van der Waals surface area contributed by atoms with Crippen LogP contribution in [0.5, 0.6) is 0 Å². The number of thioether (sulfide) groups is 1. The zero-order valence-corrected chi connectivity index (χ0v) is 22.3. The first-order chi connectivity index (χ1) is 18.3. The van der Waals surface area contributed by atoms with Gasteiger partial charge in [-0.3, -0.25) is 14.8 Å². The summed E-state index contributed by atoms with van der Waals surface area (Å²) >= 11 is 1.74. The normalized spacial score (nSPS) is 33.3. The maximum Gasteiger partial charge on any atom is 0.417 e. The van der Waals surface area contributed by atoms with Gasteiger partial charge in [-0.2, -0.15) is 13.2 Å². The van der Waals surface area contributed by atoms with E-state index in [9.17, 15) is 18.0 Å². The zero-order valence-electron chi connectivity index (χ0n) is 21.5. The van der Waals surface area contributed by atoms with E-state index >= 15 is 0 Å². The molecule has 3 unspecified atom stereocenters. The van der Waals surface area contributed by atoms with E-state index in [0.29, 0.717) is 50.4 Å². The molecule has 0 radical (unpaired) electrons. The van der Waals surface area contributed by atoms with E-state index in [1.807, 2.05) is 0 Å². The summed E-state index contributed by atoms with van der Waals surface area (Å²) in [6.45, 7) is 4.06. The van der Waals surface area contributed by atoms with Crippen molar-refractivity contribution in [3.8, 4) is 0 Å². The Bertz CT molecular complexity index is 1100. The predicted octanol–water partition coefficient (Wildman–Crippen LogP) is 2.56. The van der Waals surface area contributed by atoms with E-state index < -0.39 is 17.2 Å². The molecule has 8 nitrogen and oxygen atoms in total. The van der Waals surface area contributed by atoms with Gasteiger partial charge < -0.3 is 24.6 Å². The van der Waals surface area contributed by atoms with Gasteiger partial charge in [0.05, 0.1) is 30.2 Å². The Balaban J connectivity index is 1.23. The van der Waals surface area contributed by atoms with E-state index in [1.54, 1.807) is 23.8 Å². The standard InChI is InChI=1S/C26H34F3N5O3S/c1-36-22-14-37-6-3-21(22)32-19-9-18-13-34(24-30-4-7-38-24)15-25(18,10-19)23(35)33-5-2-20-16(12-33)8-17(11-31-20)26(27,28)29/h8,11,18-19,21-22,32H,2-7,9-10,12-15H2,1H3/t18-,19?,21?,22?,25-/m0/s1. The monoisotopic (exact) mass is 553 g/mol. The number of nitrogens with zero attached hydrogens (tertiary/aromatic N) is 4. The van der Waals surface area contributed by atoms with Crippen molar-refractivity contribution in [1.29, 1.82) is 0 Å². The Morgan fingerprint density at radius 1 is 1.37 bits per heavy atom. The lowest BCUT2D eigenvalue weighted by Gasteiger charge is -2.38. The number of nitrogens with one attached hydrogen (secondary N) is 1. The van der Waals surface area contributed by atoms with Crippen LogP contribution >= 0.6 is 11.8 Å². The summed E-state index contributed by atoms with van der Waals surface area (Å²) in [5.74, 6) is 1.16. The van der Waals surface area contributed by atoms with Crippen molar-refractivity contribution >= 4 is 22.8 Å². The lowest BCUT2D eigenvalue weighted by molar-refractivity contribution is -0.143. The Labute approximate surface area is 224 Å². The number of ether oxygens (including phenoxy) is 2. The number of aliphatic imine (C=N–C) groups is 1. The molecule has 5 aliphatic rings. The Kier molecular flexibility index (Phi) is 7.11. The highest BCUT2D eigenvalue weighted by Crippen LogP contribution is 2.51. The molecule has 1 aromatic rings. The van der Waals surface area contributed by atoms with Gasteiger partial charge in [-0.05, 0) is 36.8 Å². The molecule has 5 heterocycles. The second-order valence-corrected chi connectivity index (χ2v) is 12.2. The number of alkyl halides is 3. The van der Waals surface area contributed by atoms with Gasteiger partial charge in [-0.1, -0.05) is 11.8 Å². The molecule has 6 rings (SSSR count). The topological polar surface area (TPSA) is 79.3 Å². The molecule has 3 fully saturated rings. The molecule has 208 valence electrons. The fourth-order valence-electron chi connectivity index (χ4n) is 7.00. The van der Waals surface area contributed by atoms with Crippen LogP contribution < -0.4 is 5.32 Å². The summed E-state index contributed by atoms with van der Waals surface area (Å²) < 4.78 is 51.3. The van der Waals surface area contributed by atoms with E-state index in [2.05, 4.69) is 20.2 Å². The molecule has 38 heavy (non-hydrogen) atoms. The van der Waals surface area contributed by atoms with Crippen LogP contribution in [-0.2, 0) is 33.4 Å². The SMILES string of the molecule is COC1COCCC1NC1C[C@H]2CN(C3=NCCS3)C[C@@]2(C(=O)N2CCc3ncc(C(F)(F)F)cc3C2)C1. The summed E-state index contributed by atoms with van der Waals surface area (Å²) in [7, 11) is 1.70. The Morgan fingerprint density at radius 2 is 2.24 bits per heavy atom. The zero-order chi connectivity index (χ0) is 26.5. The first kappa shape index (κ1) is 26.3. The molecule has 5 atom stereocenters. The predicted molar refractivity (Wildman–Crippen MR) is 137 cm³/mol.